The zero-order chi connectivity index (χ0) is 24.4. The number of anilines is 1. The Morgan fingerprint density at radius 3 is 2.74 bits per heavy atom. The van der Waals surface area contributed by atoms with Crippen LogP contribution in [0.3, 0.4) is 0 Å². The monoisotopic (exact) mass is 471 g/mol. The van der Waals surface area contributed by atoms with Gasteiger partial charge in [-0.25, -0.2) is 9.50 Å². The predicted molar refractivity (Wildman–Crippen MR) is 130 cm³/mol. The fourth-order valence-corrected chi connectivity index (χ4v) is 5.10. The molecule has 6 N–H and O–H groups in total. The molecule has 186 valence electrons. The summed E-state index contributed by atoms with van der Waals surface area (Å²) in [6, 6.07) is 1.55. The molecule has 4 heterocycles. The lowest BCUT2D eigenvalue weighted by atomic mass is 9.97. The molecule has 0 bridgehead atoms. The molecular formula is C23H37N9O2. The normalized spacial score (nSPS) is 22.7. The van der Waals surface area contributed by atoms with E-state index in [1.54, 1.807) is 7.05 Å². The topological polar surface area (TPSA) is 147 Å². The van der Waals surface area contributed by atoms with Crippen LogP contribution in [0.1, 0.15) is 56.3 Å². The number of nitrogens with zero attached hydrogens (tertiary/aromatic N) is 5. The summed E-state index contributed by atoms with van der Waals surface area (Å²) in [7, 11) is 1.74. The lowest BCUT2D eigenvalue weighted by Gasteiger charge is -2.37. The predicted octanol–water partition coefficient (Wildman–Crippen LogP) is 0.0277. The van der Waals surface area contributed by atoms with E-state index in [1.165, 1.54) is 6.92 Å². The van der Waals surface area contributed by atoms with Gasteiger partial charge in [0, 0.05) is 56.8 Å². The van der Waals surface area contributed by atoms with Gasteiger partial charge in [0.25, 0.3) is 0 Å². The van der Waals surface area contributed by atoms with Gasteiger partial charge in [-0.3, -0.25) is 9.59 Å². The number of aromatic nitrogens is 3. The Morgan fingerprint density at radius 2 is 2.06 bits per heavy atom. The third kappa shape index (κ3) is 5.16. The summed E-state index contributed by atoms with van der Waals surface area (Å²) >= 11 is 0. The van der Waals surface area contributed by atoms with E-state index < -0.39 is 12.2 Å². The van der Waals surface area contributed by atoms with Crippen LogP contribution in [0.2, 0.25) is 0 Å². The number of fused-ring (bicyclic) bond motifs is 1. The minimum atomic E-state index is -0.596. The van der Waals surface area contributed by atoms with Crippen molar-refractivity contribution < 1.29 is 9.59 Å². The van der Waals surface area contributed by atoms with E-state index in [0.29, 0.717) is 13.0 Å². The van der Waals surface area contributed by atoms with Crippen LogP contribution in [0.5, 0.6) is 0 Å². The van der Waals surface area contributed by atoms with Crippen molar-refractivity contribution in [3.8, 4) is 0 Å². The standard InChI is InChI=1S/C23H37N9O2/c1-14-12-32-21(28-22(14)30-9-7-16(24)13-30)11-17(29-32)19-6-4-5-8-31(19)23(34)18(26-3)10-20(25)27-15(2)33/h11-12,16,18-20,26H,4-10,13,24-25H2,1-3H3,(H,27,33)/t16-,18?,19-,20?/m0/s1. The van der Waals surface area contributed by atoms with Crippen molar-refractivity contribution in [3.05, 3.63) is 23.5 Å². The molecule has 0 spiro atoms. The lowest BCUT2D eigenvalue weighted by Crippen LogP contribution is -2.53. The fraction of sp³-hybridized carbons (Fsp3) is 0.652. The van der Waals surface area contributed by atoms with E-state index in [4.69, 9.17) is 21.5 Å². The van der Waals surface area contributed by atoms with Crippen molar-refractivity contribution >= 4 is 23.3 Å². The molecule has 4 rings (SSSR count). The van der Waals surface area contributed by atoms with E-state index in [1.807, 2.05) is 28.6 Å². The Morgan fingerprint density at radius 1 is 1.26 bits per heavy atom. The van der Waals surface area contributed by atoms with Crippen molar-refractivity contribution in [1.29, 1.82) is 0 Å². The summed E-state index contributed by atoms with van der Waals surface area (Å²) in [6.07, 6.45) is 5.50. The van der Waals surface area contributed by atoms with Crippen molar-refractivity contribution in [3.63, 3.8) is 0 Å². The summed E-state index contributed by atoms with van der Waals surface area (Å²) in [6.45, 7) is 5.83. The van der Waals surface area contributed by atoms with Crippen LogP contribution in [0.15, 0.2) is 12.3 Å². The van der Waals surface area contributed by atoms with Gasteiger partial charge < -0.3 is 31.9 Å². The summed E-state index contributed by atoms with van der Waals surface area (Å²) < 4.78 is 1.81. The van der Waals surface area contributed by atoms with Gasteiger partial charge in [-0.05, 0) is 39.7 Å². The zero-order valence-corrected chi connectivity index (χ0v) is 20.3. The van der Waals surface area contributed by atoms with E-state index >= 15 is 0 Å². The average Bonchev–Trinajstić information content (AvgIpc) is 3.41. The first-order valence-electron chi connectivity index (χ1n) is 12.1. The fourth-order valence-electron chi connectivity index (χ4n) is 5.10. The third-order valence-electron chi connectivity index (χ3n) is 6.80. The number of hydrogen-bond acceptors (Lipinski definition) is 8. The van der Waals surface area contributed by atoms with Gasteiger partial charge in [0.2, 0.25) is 11.8 Å². The van der Waals surface area contributed by atoms with Gasteiger partial charge >= 0.3 is 0 Å². The number of likely N-dealkylation sites (tertiary alicyclic amines) is 1. The Hall–Kier alpha value is -2.76. The number of rotatable bonds is 7. The number of likely N-dealkylation sites (N-methyl/N-ethyl adjacent to an activating group) is 1. The van der Waals surface area contributed by atoms with E-state index in [9.17, 15) is 9.59 Å². The van der Waals surface area contributed by atoms with Crippen LogP contribution in [0, 0.1) is 6.92 Å². The first kappa shape index (κ1) is 24.4. The first-order chi connectivity index (χ1) is 16.3. The van der Waals surface area contributed by atoms with Gasteiger partial charge in [-0.2, -0.15) is 5.10 Å². The quantitative estimate of drug-likeness (QED) is 0.414. The molecule has 0 aromatic carbocycles. The molecule has 0 radical (unpaired) electrons. The number of nitrogens with one attached hydrogen (secondary N) is 2. The number of amides is 2. The Kier molecular flexibility index (Phi) is 7.34. The van der Waals surface area contributed by atoms with Crippen molar-refractivity contribution in [2.24, 2.45) is 11.5 Å². The smallest absolute Gasteiger partial charge is 0.240 e. The van der Waals surface area contributed by atoms with E-state index in [0.717, 1.165) is 61.5 Å². The number of nitrogens with two attached hydrogens (primary N) is 2. The van der Waals surface area contributed by atoms with Crippen LogP contribution in [-0.4, -0.2) is 76.2 Å². The summed E-state index contributed by atoms with van der Waals surface area (Å²) in [4.78, 5) is 33.9. The van der Waals surface area contributed by atoms with Gasteiger partial charge in [-0.1, -0.05) is 0 Å². The highest BCUT2D eigenvalue weighted by Gasteiger charge is 2.34. The van der Waals surface area contributed by atoms with Gasteiger partial charge in [0.05, 0.1) is 23.9 Å². The van der Waals surface area contributed by atoms with E-state index in [2.05, 4.69) is 15.5 Å². The minimum Gasteiger partial charge on any atom is -0.355 e. The van der Waals surface area contributed by atoms with Crippen molar-refractivity contribution in [2.45, 2.75) is 70.2 Å². The lowest BCUT2D eigenvalue weighted by molar-refractivity contribution is -0.138. The summed E-state index contributed by atoms with van der Waals surface area (Å²) in [5.41, 5.74) is 14.8. The minimum absolute atomic E-state index is 0.0269. The molecule has 2 aliphatic rings. The maximum absolute atomic E-state index is 13.5. The number of piperidine rings is 1. The number of carbonyl (C=O) groups is 2. The average molecular weight is 472 g/mol. The molecule has 2 aromatic rings. The van der Waals surface area contributed by atoms with Crippen molar-refractivity contribution in [1.82, 2.24) is 30.1 Å². The van der Waals surface area contributed by atoms with Crippen LogP contribution < -0.4 is 27.0 Å². The molecule has 2 fully saturated rings. The summed E-state index contributed by atoms with van der Waals surface area (Å²) in [5, 5.41) is 10.5. The maximum Gasteiger partial charge on any atom is 0.240 e. The molecule has 2 aromatic heterocycles. The first-order valence-corrected chi connectivity index (χ1v) is 12.1. The van der Waals surface area contributed by atoms with E-state index in [-0.39, 0.29) is 23.9 Å². The largest absolute Gasteiger partial charge is 0.355 e. The number of carbonyl (C=O) groups excluding carboxylic acids is 2. The van der Waals surface area contributed by atoms with Crippen LogP contribution in [0.25, 0.3) is 5.65 Å². The second-order valence-electron chi connectivity index (χ2n) is 9.54. The molecule has 4 atom stereocenters. The molecule has 0 aliphatic carbocycles. The SMILES string of the molecule is CNC(CC(N)NC(C)=O)C(=O)N1CCCC[C@H]1c1cc2nc(N3CC[C@H](N)C3)c(C)cn2n1. The molecule has 11 nitrogen and oxygen atoms in total. The second-order valence-corrected chi connectivity index (χ2v) is 9.54. The Labute approximate surface area is 200 Å². The Balaban J connectivity index is 1.57. The van der Waals surface area contributed by atoms with Gasteiger partial charge in [0.15, 0.2) is 5.65 Å². The Bertz CT molecular complexity index is 1040. The molecule has 2 aliphatic heterocycles. The maximum atomic E-state index is 13.5. The molecule has 2 amide bonds. The van der Waals surface area contributed by atoms with Crippen LogP contribution >= 0.6 is 0 Å². The number of aryl methyl sites for hydroxylation is 1. The molecular weight excluding hydrogens is 434 g/mol. The highest BCUT2D eigenvalue weighted by Crippen LogP contribution is 2.32. The molecule has 11 heteroatoms. The zero-order valence-electron chi connectivity index (χ0n) is 20.3. The molecule has 0 saturated carbocycles. The van der Waals surface area contributed by atoms with Gasteiger partial charge in [0.1, 0.15) is 5.82 Å². The molecule has 2 unspecified atom stereocenters. The highest BCUT2D eigenvalue weighted by atomic mass is 16.2. The highest BCUT2D eigenvalue weighted by molar-refractivity contribution is 5.82. The van der Waals surface area contributed by atoms with Gasteiger partial charge in [-0.15, -0.1) is 0 Å². The van der Waals surface area contributed by atoms with Crippen molar-refractivity contribution in [2.75, 3.05) is 31.6 Å². The summed E-state index contributed by atoms with van der Waals surface area (Å²) in [5.74, 6) is 0.708. The molecule has 34 heavy (non-hydrogen) atoms. The second kappa shape index (κ2) is 10.2. The molecule has 2 saturated heterocycles. The van der Waals surface area contributed by atoms with Crippen LogP contribution in [0.4, 0.5) is 5.82 Å². The van der Waals surface area contributed by atoms with Crippen LogP contribution in [-0.2, 0) is 9.59 Å². The third-order valence-corrected chi connectivity index (χ3v) is 6.80. The number of hydrogen-bond donors (Lipinski definition) is 4.